The number of aromatic nitrogens is 2. The van der Waals surface area contributed by atoms with Gasteiger partial charge in [0.05, 0.1) is 56.0 Å². The molecule has 1 aromatic heterocycles. The second kappa shape index (κ2) is 26.4. The summed E-state index contributed by atoms with van der Waals surface area (Å²) in [5.74, 6) is -6.91. The first-order valence-electron chi connectivity index (χ1n) is 28.3. The van der Waals surface area contributed by atoms with Crippen molar-refractivity contribution in [2.24, 2.45) is 23.2 Å². The molecule has 0 spiro atoms. The third-order valence-electron chi connectivity index (χ3n) is 15.9. The monoisotopic (exact) mass is 1110 g/mol. The quantitative estimate of drug-likeness (QED) is 0.0423. The van der Waals surface area contributed by atoms with Gasteiger partial charge in [-0.1, -0.05) is 65.9 Å². The first kappa shape index (κ1) is 58.9. The summed E-state index contributed by atoms with van der Waals surface area (Å²) in [7, 11) is 0. The van der Waals surface area contributed by atoms with Crippen LogP contribution < -0.4 is 37.2 Å². The lowest BCUT2D eigenvalue weighted by molar-refractivity contribution is -0.146. The Kier molecular flexibility index (Phi) is 19.4. The summed E-state index contributed by atoms with van der Waals surface area (Å²) in [6.07, 6.45) is 11.2. The molecule has 8 rings (SSSR count). The molecule has 7 atom stereocenters. The van der Waals surface area contributed by atoms with Crippen LogP contribution in [0.25, 0.3) is 0 Å². The summed E-state index contributed by atoms with van der Waals surface area (Å²) in [6, 6.07) is -0.425. The Morgan fingerprint density at radius 1 is 0.775 bits per heavy atom. The molecule has 80 heavy (non-hydrogen) atoms. The van der Waals surface area contributed by atoms with Crippen molar-refractivity contribution in [2.75, 3.05) is 51.4 Å². The Labute approximate surface area is 464 Å². The molecule has 10 amide bonds. The number of likely N-dealkylation sites (tertiary alicyclic amines) is 1. The average molecular weight is 1110 g/mol. The van der Waals surface area contributed by atoms with Crippen LogP contribution in [0.5, 0.6) is 0 Å². The molecule has 3 aliphatic carbocycles. The van der Waals surface area contributed by atoms with Crippen LogP contribution in [0.1, 0.15) is 159 Å². The normalized spacial score (nSPS) is 22.1. The van der Waals surface area contributed by atoms with Crippen molar-refractivity contribution in [1.29, 1.82) is 0 Å². The zero-order chi connectivity index (χ0) is 57.3. The molecule has 4 heterocycles. The van der Waals surface area contributed by atoms with Gasteiger partial charge in [0.25, 0.3) is 29.5 Å². The number of rotatable bonds is 25. The highest BCUT2D eigenvalue weighted by atomic mass is 16.5. The Balaban J connectivity index is 0.794. The zero-order valence-electron chi connectivity index (χ0n) is 46.0. The van der Waals surface area contributed by atoms with E-state index in [1.54, 1.807) is 17.0 Å². The molecule has 7 unspecified atom stereocenters. The van der Waals surface area contributed by atoms with Crippen LogP contribution in [0.2, 0.25) is 0 Å². The highest BCUT2D eigenvalue weighted by Crippen LogP contribution is 2.43. The molecular formula is C56H75N11O13. The van der Waals surface area contributed by atoms with E-state index in [-0.39, 0.29) is 105 Å². The summed E-state index contributed by atoms with van der Waals surface area (Å²) in [4.78, 5) is 158. The molecule has 0 bridgehead atoms. The van der Waals surface area contributed by atoms with Crippen LogP contribution in [0.4, 0.5) is 5.69 Å². The number of benzene rings is 1. The minimum absolute atomic E-state index is 0.0204. The van der Waals surface area contributed by atoms with E-state index < -0.39 is 100 Å². The second-order valence-electron chi connectivity index (χ2n) is 22.8. The van der Waals surface area contributed by atoms with Gasteiger partial charge in [-0.05, 0) is 86.7 Å². The maximum absolute atomic E-state index is 14.9. The van der Waals surface area contributed by atoms with Gasteiger partial charge in [-0.2, -0.15) is 0 Å². The van der Waals surface area contributed by atoms with E-state index >= 15 is 0 Å². The SMILES string of the molecule is CCCC(NC(=O)C1C2CCCC2CN1C(=O)C(NC(=O)C(NC(=O)c1cnc(C(=O)NCCOCCOCCNc2cccc3c2C(=O)N(C2CCC(=O)NC2=O)C3=O)cn1)C1CCCCC1)C(C)(C)C)C(=O)C(=O)NC1CC1. The van der Waals surface area contributed by atoms with Crippen molar-refractivity contribution in [2.45, 2.75) is 154 Å². The Bertz CT molecular complexity index is 2700. The van der Waals surface area contributed by atoms with Gasteiger partial charge in [-0.3, -0.25) is 63.0 Å². The van der Waals surface area contributed by atoms with Crippen LogP contribution in [-0.4, -0.2) is 167 Å². The summed E-state index contributed by atoms with van der Waals surface area (Å²) in [6.45, 7) is 8.81. The Morgan fingerprint density at radius 2 is 1.48 bits per heavy atom. The van der Waals surface area contributed by atoms with Gasteiger partial charge in [0.1, 0.15) is 35.6 Å². The maximum Gasteiger partial charge on any atom is 0.289 e. The lowest BCUT2D eigenvalue weighted by Gasteiger charge is -2.38. The molecule has 432 valence electrons. The van der Waals surface area contributed by atoms with Crippen molar-refractivity contribution in [3.63, 3.8) is 0 Å². The van der Waals surface area contributed by atoms with Gasteiger partial charge in [0, 0.05) is 37.8 Å². The van der Waals surface area contributed by atoms with Crippen molar-refractivity contribution >= 4 is 70.5 Å². The fraction of sp³-hybridized carbons (Fsp3) is 0.625. The van der Waals surface area contributed by atoms with Crippen LogP contribution in [0.3, 0.4) is 0 Å². The van der Waals surface area contributed by atoms with Gasteiger partial charge < -0.3 is 46.3 Å². The number of piperidine rings is 1. The molecule has 1 aromatic carbocycles. The van der Waals surface area contributed by atoms with Crippen molar-refractivity contribution in [3.05, 3.63) is 53.1 Å². The van der Waals surface area contributed by atoms with Gasteiger partial charge in [-0.25, -0.2) is 9.97 Å². The van der Waals surface area contributed by atoms with Crippen molar-refractivity contribution in [1.82, 2.24) is 51.7 Å². The molecular weight excluding hydrogens is 1030 g/mol. The number of ketones is 1. The standard InChI is InChI=1S/C56H75N11O13/c1-5-11-37(45(69)52(75)61-33-18-19-33)62-51(74)44-34-15-9-14-32(34)30-66(44)55(78)46(56(2,3)4)65-50(73)43(31-12-7-6-8-13-31)64-48(71)39-29-59-38(28-60-39)47(70)58-23-25-80-27-26-79-24-22-57-36-17-10-16-35-42(36)54(77)67(53(35)76)40-20-21-41(68)63-49(40)72/h10,16-17,28-29,31-34,37,40,43-44,46,57H,5-9,11-15,18-27,30H2,1-4H3,(H,58,70)(H,61,75)(H,62,74)(H,64,71)(H,65,73)(H,63,68,72). The molecule has 24 heteroatoms. The van der Waals surface area contributed by atoms with Gasteiger partial charge in [0.2, 0.25) is 35.3 Å². The van der Waals surface area contributed by atoms with E-state index in [4.69, 9.17) is 9.47 Å². The van der Waals surface area contributed by atoms with Gasteiger partial charge in [0.15, 0.2) is 0 Å². The number of imide groups is 2. The average Bonchev–Trinajstić information content (AvgIpc) is 4.00. The lowest BCUT2D eigenvalue weighted by Crippen LogP contribution is -2.62. The number of carbonyl (C=O) groups excluding carboxylic acids is 11. The Morgan fingerprint density at radius 3 is 2.14 bits per heavy atom. The predicted molar refractivity (Wildman–Crippen MR) is 286 cm³/mol. The topological polar surface area (TPSA) is 323 Å². The number of fused-ring (bicyclic) bond motifs is 2. The molecule has 3 saturated carbocycles. The largest absolute Gasteiger partial charge is 0.382 e. The zero-order valence-corrected chi connectivity index (χ0v) is 46.0. The van der Waals surface area contributed by atoms with Crippen LogP contribution in [0, 0.1) is 23.2 Å². The highest BCUT2D eigenvalue weighted by molar-refractivity contribution is 6.38. The van der Waals surface area contributed by atoms with E-state index in [2.05, 4.69) is 47.2 Å². The van der Waals surface area contributed by atoms with Gasteiger partial charge in [-0.15, -0.1) is 0 Å². The summed E-state index contributed by atoms with van der Waals surface area (Å²) >= 11 is 0. The van der Waals surface area contributed by atoms with E-state index in [1.807, 2.05) is 27.7 Å². The lowest BCUT2D eigenvalue weighted by atomic mass is 9.82. The Hall–Kier alpha value is -7.21. The number of amides is 10. The van der Waals surface area contributed by atoms with Crippen molar-refractivity contribution in [3.8, 4) is 0 Å². The first-order valence-corrected chi connectivity index (χ1v) is 28.3. The van der Waals surface area contributed by atoms with Crippen LogP contribution >= 0.6 is 0 Å². The molecule has 2 aromatic rings. The molecule has 2 saturated heterocycles. The van der Waals surface area contributed by atoms with E-state index in [1.165, 1.54) is 6.07 Å². The maximum atomic E-state index is 14.9. The minimum Gasteiger partial charge on any atom is -0.382 e. The smallest absolute Gasteiger partial charge is 0.289 e. The molecule has 0 radical (unpaired) electrons. The third kappa shape index (κ3) is 14.0. The van der Waals surface area contributed by atoms with E-state index in [9.17, 15) is 52.7 Å². The van der Waals surface area contributed by atoms with E-state index in [0.717, 1.165) is 62.2 Å². The molecule has 3 aliphatic heterocycles. The molecule has 7 N–H and O–H groups in total. The predicted octanol–water partition coefficient (Wildman–Crippen LogP) is 1.72. The molecule has 24 nitrogen and oxygen atoms in total. The number of anilines is 1. The third-order valence-corrected chi connectivity index (χ3v) is 15.9. The molecule has 6 aliphatic rings. The fourth-order valence-electron chi connectivity index (χ4n) is 11.6. The second-order valence-corrected chi connectivity index (χ2v) is 22.8. The van der Waals surface area contributed by atoms with Crippen LogP contribution in [-0.2, 0) is 43.0 Å². The number of carbonyl (C=O) groups is 11. The van der Waals surface area contributed by atoms with Crippen molar-refractivity contribution < 1.29 is 62.2 Å². The number of hydrogen-bond donors (Lipinski definition) is 7. The summed E-state index contributed by atoms with van der Waals surface area (Å²) < 4.78 is 11.2. The molecule has 5 fully saturated rings. The fourth-order valence-corrected chi connectivity index (χ4v) is 11.6. The van der Waals surface area contributed by atoms with Crippen LogP contribution in [0.15, 0.2) is 30.6 Å². The highest BCUT2D eigenvalue weighted by Gasteiger charge is 2.53. The summed E-state index contributed by atoms with van der Waals surface area (Å²) in [5.41, 5.74) is -0.319. The summed E-state index contributed by atoms with van der Waals surface area (Å²) in [5, 5.41) is 19.4. The number of Topliss-reactive ketones (excluding diaryl/α,β-unsaturated/α-hetero) is 1. The first-order chi connectivity index (χ1) is 38.4. The van der Waals surface area contributed by atoms with E-state index in [0.29, 0.717) is 37.9 Å². The number of nitrogens with zero attached hydrogens (tertiary/aromatic N) is 4. The number of ether oxygens (including phenoxy) is 2. The number of hydrogen-bond acceptors (Lipinski definition) is 16. The van der Waals surface area contributed by atoms with Gasteiger partial charge >= 0.3 is 0 Å². The number of nitrogens with one attached hydrogen (secondary N) is 7. The minimum atomic E-state index is -1.11.